The number of halogens is 1. The first-order chi connectivity index (χ1) is 5.66. The van der Waals surface area contributed by atoms with Crippen LogP contribution in [-0.4, -0.2) is 10.4 Å². The van der Waals surface area contributed by atoms with Gasteiger partial charge in [0, 0.05) is 5.56 Å². The lowest BCUT2D eigenvalue weighted by atomic mass is 10.0. The van der Waals surface area contributed by atoms with Crippen LogP contribution >= 0.6 is 11.6 Å². The Morgan fingerprint density at radius 1 is 1.42 bits per heavy atom. The van der Waals surface area contributed by atoms with Gasteiger partial charge in [-0.2, -0.15) is 0 Å². The van der Waals surface area contributed by atoms with E-state index in [-0.39, 0.29) is 5.17 Å². The molecule has 0 atom stereocenters. The molecule has 0 unspecified atom stereocenters. The third-order valence-corrected chi connectivity index (χ3v) is 2.19. The zero-order chi connectivity index (χ0) is 9.14. The van der Waals surface area contributed by atoms with Crippen LogP contribution in [0.25, 0.3) is 0 Å². The molecule has 0 aliphatic rings. The molecule has 0 radical (unpaired) electrons. The van der Waals surface area contributed by atoms with Crippen molar-refractivity contribution in [3.8, 4) is 0 Å². The number of benzene rings is 1. The van der Waals surface area contributed by atoms with Crippen LogP contribution in [0, 0.1) is 13.8 Å². The standard InChI is InChI=1S/C9H10ClNO/c1-6-4-3-5-8(7(6)2)9(10)11-12/h3-5,12H,1-2H3/b11-9-. The number of oxime groups is 1. The van der Waals surface area contributed by atoms with Gasteiger partial charge in [-0.05, 0) is 25.0 Å². The highest BCUT2D eigenvalue weighted by Gasteiger charge is 2.04. The fourth-order valence-electron chi connectivity index (χ4n) is 1.03. The van der Waals surface area contributed by atoms with Gasteiger partial charge < -0.3 is 5.21 Å². The minimum Gasteiger partial charge on any atom is -0.410 e. The van der Waals surface area contributed by atoms with E-state index in [2.05, 4.69) is 5.16 Å². The maximum atomic E-state index is 8.46. The normalized spacial score (nSPS) is 11.8. The summed E-state index contributed by atoms with van der Waals surface area (Å²) >= 11 is 5.67. The highest BCUT2D eigenvalue weighted by Crippen LogP contribution is 2.15. The van der Waals surface area contributed by atoms with Gasteiger partial charge in [-0.25, -0.2) is 0 Å². The topological polar surface area (TPSA) is 32.6 Å². The predicted octanol–water partition coefficient (Wildman–Crippen LogP) is 2.68. The van der Waals surface area contributed by atoms with Crippen molar-refractivity contribution < 1.29 is 5.21 Å². The second-order valence-electron chi connectivity index (χ2n) is 2.64. The Bertz CT molecular complexity index is 320. The van der Waals surface area contributed by atoms with Gasteiger partial charge in [0.2, 0.25) is 0 Å². The van der Waals surface area contributed by atoms with Crippen molar-refractivity contribution in [1.29, 1.82) is 0 Å². The zero-order valence-corrected chi connectivity index (χ0v) is 7.76. The fourth-order valence-corrected chi connectivity index (χ4v) is 1.23. The molecular weight excluding hydrogens is 174 g/mol. The molecule has 0 aliphatic heterocycles. The first kappa shape index (κ1) is 9.07. The summed E-state index contributed by atoms with van der Waals surface area (Å²) < 4.78 is 0. The smallest absolute Gasteiger partial charge is 0.175 e. The van der Waals surface area contributed by atoms with E-state index in [1.54, 1.807) is 0 Å². The van der Waals surface area contributed by atoms with Gasteiger partial charge in [-0.3, -0.25) is 0 Å². The molecule has 12 heavy (non-hydrogen) atoms. The van der Waals surface area contributed by atoms with Gasteiger partial charge in [0.1, 0.15) is 0 Å². The number of rotatable bonds is 1. The molecule has 0 saturated carbocycles. The van der Waals surface area contributed by atoms with Gasteiger partial charge in [0.15, 0.2) is 5.17 Å². The average molecular weight is 184 g/mol. The first-order valence-corrected chi connectivity index (χ1v) is 3.98. The summed E-state index contributed by atoms with van der Waals surface area (Å²) in [6, 6.07) is 5.69. The van der Waals surface area contributed by atoms with Crippen molar-refractivity contribution in [2.75, 3.05) is 0 Å². The summed E-state index contributed by atoms with van der Waals surface area (Å²) in [6.07, 6.45) is 0. The van der Waals surface area contributed by atoms with Gasteiger partial charge in [-0.1, -0.05) is 35.0 Å². The second-order valence-corrected chi connectivity index (χ2v) is 3.00. The molecule has 2 nitrogen and oxygen atoms in total. The highest BCUT2D eigenvalue weighted by molar-refractivity contribution is 6.69. The highest BCUT2D eigenvalue weighted by atomic mass is 35.5. The maximum absolute atomic E-state index is 8.46. The summed E-state index contributed by atoms with van der Waals surface area (Å²) in [7, 11) is 0. The second kappa shape index (κ2) is 3.59. The van der Waals surface area contributed by atoms with Crippen molar-refractivity contribution in [2.24, 2.45) is 5.16 Å². The number of aryl methyl sites for hydroxylation is 1. The fraction of sp³-hybridized carbons (Fsp3) is 0.222. The minimum atomic E-state index is 0.135. The van der Waals surface area contributed by atoms with E-state index in [0.29, 0.717) is 0 Å². The lowest BCUT2D eigenvalue weighted by Crippen LogP contribution is -1.96. The Morgan fingerprint density at radius 3 is 2.67 bits per heavy atom. The van der Waals surface area contributed by atoms with Crippen LogP contribution in [0.15, 0.2) is 23.4 Å². The van der Waals surface area contributed by atoms with Crippen LogP contribution in [-0.2, 0) is 0 Å². The van der Waals surface area contributed by atoms with E-state index in [1.165, 1.54) is 0 Å². The van der Waals surface area contributed by atoms with E-state index >= 15 is 0 Å². The number of hydrogen-bond donors (Lipinski definition) is 1. The molecule has 0 fully saturated rings. The Balaban J connectivity index is 3.26. The maximum Gasteiger partial charge on any atom is 0.175 e. The molecular formula is C9H10ClNO. The Hall–Kier alpha value is -1.02. The molecule has 0 bridgehead atoms. The molecule has 0 spiro atoms. The van der Waals surface area contributed by atoms with Crippen molar-refractivity contribution in [2.45, 2.75) is 13.8 Å². The van der Waals surface area contributed by atoms with E-state index in [4.69, 9.17) is 16.8 Å². The lowest BCUT2D eigenvalue weighted by Gasteiger charge is -2.04. The van der Waals surface area contributed by atoms with Crippen molar-refractivity contribution >= 4 is 16.8 Å². The largest absolute Gasteiger partial charge is 0.410 e. The van der Waals surface area contributed by atoms with Crippen LogP contribution in [0.1, 0.15) is 16.7 Å². The molecule has 3 heteroatoms. The average Bonchev–Trinajstić information content (AvgIpc) is 2.08. The van der Waals surface area contributed by atoms with Crippen molar-refractivity contribution in [1.82, 2.24) is 0 Å². The van der Waals surface area contributed by atoms with E-state index < -0.39 is 0 Å². The van der Waals surface area contributed by atoms with Gasteiger partial charge in [0.25, 0.3) is 0 Å². The Kier molecular flexibility index (Phi) is 2.71. The summed E-state index contributed by atoms with van der Waals surface area (Å²) in [6.45, 7) is 3.93. The van der Waals surface area contributed by atoms with E-state index in [9.17, 15) is 0 Å². The third-order valence-electron chi connectivity index (χ3n) is 1.91. The van der Waals surface area contributed by atoms with E-state index in [1.807, 2.05) is 32.0 Å². The Labute approximate surface area is 76.5 Å². The van der Waals surface area contributed by atoms with Gasteiger partial charge in [0.05, 0.1) is 0 Å². The third kappa shape index (κ3) is 1.59. The SMILES string of the molecule is Cc1cccc(/C(Cl)=N/O)c1C. The summed E-state index contributed by atoms with van der Waals surface area (Å²) in [5.41, 5.74) is 2.95. The molecule has 0 saturated heterocycles. The molecule has 1 rings (SSSR count). The molecule has 1 N–H and O–H groups in total. The number of nitrogens with zero attached hydrogens (tertiary/aromatic N) is 1. The first-order valence-electron chi connectivity index (χ1n) is 3.61. The van der Waals surface area contributed by atoms with Crippen molar-refractivity contribution in [3.05, 3.63) is 34.9 Å². The van der Waals surface area contributed by atoms with Crippen LogP contribution in [0.4, 0.5) is 0 Å². The quantitative estimate of drug-likeness (QED) is 0.405. The Morgan fingerprint density at radius 2 is 2.08 bits per heavy atom. The van der Waals surface area contributed by atoms with E-state index in [0.717, 1.165) is 16.7 Å². The lowest BCUT2D eigenvalue weighted by molar-refractivity contribution is 0.321. The van der Waals surface area contributed by atoms with Crippen LogP contribution in [0.3, 0.4) is 0 Å². The molecule has 1 aromatic carbocycles. The van der Waals surface area contributed by atoms with Gasteiger partial charge >= 0.3 is 0 Å². The molecule has 0 heterocycles. The van der Waals surface area contributed by atoms with Gasteiger partial charge in [-0.15, -0.1) is 0 Å². The van der Waals surface area contributed by atoms with Crippen molar-refractivity contribution in [3.63, 3.8) is 0 Å². The predicted molar refractivity (Wildman–Crippen MR) is 50.1 cm³/mol. The summed E-state index contributed by atoms with van der Waals surface area (Å²) in [5, 5.41) is 11.5. The zero-order valence-electron chi connectivity index (χ0n) is 7.00. The molecule has 0 aliphatic carbocycles. The molecule has 64 valence electrons. The summed E-state index contributed by atoms with van der Waals surface area (Å²) in [4.78, 5) is 0. The minimum absolute atomic E-state index is 0.135. The van der Waals surface area contributed by atoms with Crippen LogP contribution < -0.4 is 0 Å². The van der Waals surface area contributed by atoms with Crippen LogP contribution in [0.2, 0.25) is 0 Å². The molecule has 0 aromatic heterocycles. The monoisotopic (exact) mass is 183 g/mol. The van der Waals surface area contributed by atoms with Crippen LogP contribution in [0.5, 0.6) is 0 Å². The number of hydrogen-bond acceptors (Lipinski definition) is 2. The molecule has 1 aromatic rings. The molecule has 0 amide bonds. The summed E-state index contributed by atoms with van der Waals surface area (Å²) in [5.74, 6) is 0.